The highest BCUT2D eigenvalue weighted by atomic mass is 32.2. The maximum Gasteiger partial charge on any atom is 0.194 e. The van der Waals surface area contributed by atoms with E-state index in [-0.39, 0.29) is 10.3 Å². The first kappa shape index (κ1) is 13.5. The minimum Gasteiger partial charge on any atom is -0.598 e. The molecule has 88 valence electrons. The molecule has 16 heavy (non-hydrogen) atoms. The van der Waals surface area contributed by atoms with Gasteiger partial charge in [-0.3, -0.25) is 0 Å². The molecule has 3 nitrogen and oxygen atoms in total. The molecule has 0 aliphatic carbocycles. The number of nitrogens with one attached hydrogen (secondary N) is 1. The molecule has 1 heterocycles. The maximum absolute atomic E-state index is 13.1. The second-order valence-electron chi connectivity index (χ2n) is 4.21. The zero-order valence-electron chi connectivity index (χ0n) is 9.33. The Kier molecular flexibility index (Phi) is 4.33. The van der Waals surface area contributed by atoms with Gasteiger partial charge in [-0.15, -0.1) is 16.1 Å². The lowest BCUT2D eigenvalue weighted by atomic mass is 10.3. The van der Waals surface area contributed by atoms with Gasteiger partial charge in [-0.1, -0.05) is 0 Å². The fraction of sp³-hybridized carbons (Fsp3) is 0.500. The van der Waals surface area contributed by atoms with E-state index in [0.717, 1.165) is 11.3 Å². The number of nitriles is 1. The molecule has 1 aromatic rings. The monoisotopic (exact) mass is 260 g/mol. The van der Waals surface area contributed by atoms with Crippen molar-refractivity contribution in [2.45, 2.75) is 32.1 Å². The molecule has 6 heteroatoms. The maximum atomic E-state index is 13.1. The second kappa shape index (κ2) is 5.15. The van der Waals surface area contributed by atoms with Crippen molar-refractivity contribution in [3.05, 3.63) is 21.6 Å². The van der Waals surface area contributed by atoms with Crippen LogP contribution in [0, 0.1) is 16.5 Å². The Morgan fingerprint density at radius 2 is 2.25 bits per heavy atom. The van der Waals surface area contributed by atoms with Gasteiger partial charge in [0.1, 0.15) is 10.8 Å². The fourth-order valence-corrected chi connectivity index (χ4v) is 2.51. The number of hydrogen-bond donors (Lipinski definition) is 1. The normalized spacial score (nSPS) is 13.5. The first-order chi connectivity index (χ1) is 7.34. The zero-order valence-corrected chi connectivity index (χ0v) is 11.0. The Morgan fingerprint density at radius 3 is 2.69 bits per heavy atom. The summed E-state index contributed by atoms with van der Waals surface area (Å²) in [5.41, 5.74) is 0.0448. The average molecular weight is 260 g/mol. The van der Waals surface area contributed by atoms with Gasteiger partial charge in [0.25, 0.3) is 0 Å². The van der Waals surface area contributed by atoms with E-state index < -0.39 is 16.5 Å². The lowest BCUT2D eigenvalue weighted by Gasteiger charge is -2.23. The Labute approximate surface area is 102 Å². The lowest BCUT2D eigenvalue weighted by Crippen LogP contribution is -2.38. The van der Waals surface area contributed by atoms with E-state index in [4.69, 9.17) is 5.26 Å². The van der Waals surface area contributed by atoms with Crippen LogP contribution in [-0.4, -0.2) is 9.30 Å². The van der Waals surface area contributed by atoms with Crippen molar-refractivity contribution in [3.63, 3.8) is 0 Å². The van der Waals surface area contributed by atoms with Crippen LogP contribution >= 0.6 is 11.3 Å². The molecule has 0 radical (unpaired) electrons. The first-order valence-corrected chi connectivity index (χ1v) is 6.65. The van der Waals surface area contributed by atoms with Gasteiger partial charge in [-0.2, -0.15) is 9.65 Å². The number of nitrogens with zero attached hydrogens (tertiary/aromatic N) is 1. The molecule has 0 fully saturated rings. The molecule has 1 unspecified atom stereocenters. The van der Waals surface area contributed by atoms with Crippen molar-refractivity contribution in [1.29, 1.82) is 5.26 Å². The summed E-state index contributed by atoms with van der Waals surface area (Å²) in [6.45, 7) is 5.87. The average Bonchev–Trinajstić information content (AvgIpc) is 2.54. The second-order valence-corrected chi connectivity index (χ2v) is 7.35. The Hall–Kier alpha value is -0.610. The molecule has 1 atom stereocenters. The third-order valence-corrected chi connectivity index (χ3v) is 4.23. The molecule has 0 bridgehead atoms. The molecule has 0 aliphatic rings. The smallest absolute Gasteiger partial charge is 0.194 e. The summed E-state index contributed by atoms with van der Waals surface area (Å²) in [5.74, 6) is 0. The van der Waals surface area contributed by atoms with Crippen molar-refractivity contribution >= 4 is 22.7 Å². The summed E-state index contributed by atoms with van der Waals surface area (Å²) in [6, 6.07) is 3.24. The summed E-state index contributed by atoms with van der Waals surface area (Å²) < 4.78 is 27.2. The zero-order chi connectivity index (χ0) is 12.3. The molecule has 0 amide bonds. The van der Waals surface area contributed by atoms with E-state index in [9.17, 15) is 8.94 Å². The standard InChI is InChI=1S/C10H13FN2OS2/c1-10(2,3)16(14)13-6-8-4-7(5-12)9(11)15-8/h4,13H,6H2,1-3H3. The number of hydrogen-bond acceptors (Lipinski definition) is 4. The molecule has 0 aliphatic heterocycles. The predicted molar refractivity (Wildman–Crippen MR) is 63.7 cm³/mol. The molecule has 0 aromatic carbocycles. The van der Waals surface area contributed by atoms with Gasteiger partial charge in [-0.05, 0) is 26.8 Å². The van der Waals surface area contributed by atoms with Crippen molar-refractivity contribution in [2.75, 3.05) is 0 Å². The van der Waals surface area contributed by atoms with Crippen LogP contribution in [0.2, 0.25) is 0 Å². The van der Waals surface area contributed by atoms with Crippen LogP contribution in [0.5, 0.6) is 0 Å². The van der Waals surface area contributed by atoms with E-state index >= 15 is 0 Å². The highest BCUT2D eigenvalue weighted by molar-refractivity contribution is 7.90. The van der Waals surface area contributed by atoms with Crippen molar-refractivity contribution in [1.82, 2.24) is 4.72 Å². The third kappa shape index (κ3) is 3.46. The Balaban J connectivity index is 2.59. The summed E-state index contributed by atoms with van der Waals surface area (Å²) in [5, 5.41) is 8.09. The van der Waals surface area contributed by atoms with Gasteiger partial charge >= 0.3 is 0 Å². The fourth-order valence-electron chi connectivity index (χ4n) is 0.934. The minimum absolute atomic E-state index is 0.0448. The van der Waals surface area contributed by atoms with Crippen LogP contribution in [0.15, 0.2) is 6.07 Å². The summed E-state index contributed by atoms with van der Waals surface area (Å²) >= 11 is -0.280. The SMILES string of the molecule is CC(C)(C)[S+]([O-])NCc1cc(C#N)c(F)s1. The summed E-state index contributed by atoms with van der Waals surface area (Å²) in [4.78, 5) is 0.673. The van der Waals surface area contributed by atoms with Crippen LogP contribution < -0.4 is 4.72 Å². The third-order valence-electron chi connectivity index (χ3n) is 1.79. The first-order valence-electron chi connectivity index (χ1n) is 4.68. The van der Waals surface area contributed by atoms with Crippen LogP contribution in [0.1, 0.15) is 31.2 Å². The van der Waals surface area contributed by atoms with Gasteiger partial charge in [0, 0.05) is 16.2 Å². The highest BCUT2D eigenvalue weighted by Crippen LogP contribution is 2.21. The van der Waals surface area contributed by atoms with Crippen molar-refractivity contribution < 1.29 is 8.94 Å². The van der Waals surface area contributed by atoms with Crippen molar-refractivity contribution in [3.8, 4) is 6.07 Å². The largest absolute Gasteiger partial charge is 0.598 e. The van der Waals surface area contributed by atoms with Gasteiger partial charge in [-0.25, -0.2) is 0 Å². The molecule has 0 saturated heterocycles. The van der Waals surface area contributed by atoms with Gasteiger partial charge < -0.3 is 4.55 Å². The van der Waals surface area contributed by atoms with Crippen LogP contribution in [0.25, 0.3) is 0 Å². The van der Waals surface area contributed by atoms with E-state index in [1.807, 2.05) is 20.8 Å². The molecule has 0 saturated carbocycles. The van der Waals surface area contributed by atoms with E-state index in [1.54, 1.807) is 6.07 Å². The van der Waals surface area contributed by atoms with E-state index in [2.05, 4.69) is 4.72 Å². The topological polar surface area (TPSA) is 58.9 Å². The molecular weight excluding hydrogens is 247 g/mol. The molecule has 1 rings (SSSR count). The number of halogens is 1. The van der Waals surface area contributed by atoms with Crippen molar-refractivity contribution in [2.24, 2.45) is 0 Å². The quantitative estimate of drug-likeness (QED) is 0.848. The molecular formula is C10H13FN2OS2. The predicted octanol–water partition coefficient (Wildman–Crippen LogP) is 2.31. The number of thiophene rings is 1. The summed E-state index contributed by atoms with van der Waals surface area (Å²) in [7, 11) is 0. The Morgan fingerprint density at radius 1 is 1.62 bits per heavy atom. The molecule has 1 N–H and O–H groups in total. The molecule has 0 spiro atoms. The minimum atomic E-state index is -1.19. The van der Waals surface area contributed by atoms with Gasteiger partial charge in [0.2, 0.25) is 0 Å². The van der Waals surface area contributed by atoms with Crippen LogP contribution in [0.3, 0.4) is 0 Å². The lowest BCUT2D eigenvalue weighted by molar-refractivity contribution is 0.544. The summed E-state index contributed by atoms with van der Waals surface area (Å²) in [6.07, 6.45) is 0. The number of rotatable bonds is 3. The van der Waals surface area contributed by atoms with Gasteiger partial charge in [0.15, 0.2) is 5.13 Å². The van der Waals surface area contributed by atoms with Gasteiger partial charge in [0.05, 0.1) is 12.1 Å². The Bertz CT molecular complexity index is 406. The van der Waals surface area contributed by atoms with E-state index in [0.29, 0.717) is 11.4 Å². The van der Waals surface area contributed by atoms with Crippen LogP contribution in [0.4, 0.5) is 4.39 Å². The molecule has 1 aromatic heterocycles. The highest BCUT2D eigenvalue weighted by Gasteiger charge is 2.26. The van der Waals surface area contributed by atoms with Crippen LogP contribution in [-0.2, 0) is 17.9 Å². The van der Waals surface area contributed by atoms with E-state index in [1.165, 1.54) is 6.07 Å².